The maximum absolute atomic E-state index is 11.5. The van der Waals surface area contributed by atoms with Gasteiger partial charge in [0.15, 0.2) is 0 Å². The molecule has 2 N–H and O–H groups in total. The number of halogens is 1. The summed E-state index contributed by atoms with van der Waals surface area (Å²) in [7, 11) is 0. The Kier molecular flexibility index (Phi) is 4.31. The van der Waals surface area contributed by atoms with Gasteiger partial charge in [0.25, 0.3) is 5.69 Å². The van der Waals surface area contributed by atoms with E-state index in [1.54, 1.807) is 6.07 Å². The molecule has 20 heavy (non-hydrogen) atoms. The minimum atomic E-state index is -0.558. The van der Waals surface area contributed by atoms with Crippen LogP contribution in [-0.4, -0.2) is 22.8 Å². The lowest BCUT2D eigenvalue weighted by Gasteiger charge is -2.21. The molecule has 1 fully saturated rings. The first-order chi connectivity index (χ1) is 9.47. The first kappa shape index (κ1) is 14.4. The average molecular weight is 298 g/mol. The Labute approximate surface area is 119 Å². The van der Waals surface area contributed by atoms with Gasteiger partial charge in [-0.3, -0.25) is 25.0 Å². The molecule has 1 atom stereocenters. The van der Waals surface area contributed by atoms with Crippen LogP contribution in [-0.2, 0) is 16.1 Å². The van der Waals surface area contributed by atoms with Crippen LogP contribution in [0.1, 0.15) is 18.4 Å². The number of rotatable bonds is 4. The lowest BCUT2D eigenvalue weighted by Crippen LogP contribution is -2.50. The highest BCUT2D eigenvalue weighted by atomic mass is 35.5. The second-order valence-corrected chi connectivity index (χ2v) is 4.83. The van der Waals surface area contributed by atoms with Crippen LogP contribution in [0.3, 0.4) is 0 Å². The fourth-order valence-electron chi connectivity index (χ4n) is 1.94. The predicted molar refractivity (Wildman–Crippen MR) is 71.1 cm³/mol. The lowest BCUT2D eigenvalue weighted by atomic mass is 10.1. The van der Waals surface area contributed by atoms with E-state index in [1.165, 1.54) is 12.1 Å². The molecule has 0 radical (unpaired) electrons. The van der Waals surface area contributed by atoms with E-state index < -0.39 is 11.0 Å². The molecule has 0 spiro atoms. The summed E-state index contributed by atoms with van der Waals surface area (Å²) in [5.41, 5.74) is 0.472. The molecule has 8 heteroatoms. The standard InChI is InChI=1S/C12H12ClN3O4/c13-8-2-1-7(5-10(8)16(19)20)6-14-9-3-4-11(17)15-12(9)18/h1-2,5,9,14H,3-4,6H2,(H,15,17,18). The van der Waals surface area contributed by atoms with Crippen molar-refractivity contribution in [3.63, 3.8) is 0 Å². The topological polar surface area (TPSA) is 101 Å². The van der Waals surface area contributed by atoms with E-state index in [2.05, 4.69) is 10.6 Å². The van der Waals surface area contributed by atoms with E-state index in [0.29, 0.717) is 12.0 Å². The molecule has 0 bridgehead atoms. The van der Waals surface area contributed by atoms with Crippen LogP contribution in [0.25, 0.3) is 0 Å². The van der Waals surface area contributed by atoms with Gasteiger partial charge in [0.1, 0.15) is 5.02 Å². The number of carbonyl (C=O) groups is 2. The zero-order valence-corrected chi connectivity index (χ0v) is 11.1. The molecule has 1 aliphatic rings. The van der Waals surface area contributed by atoms with Crippen LogP contribution >= 0.6 is 11.6 Å². The summed E-state index contributed by atoms with van der Waals surface area (Å²) in [6, 6.07) is 3.98. The molecule has 2 amide bonds. The van der Waals surface area contributed by atoms with E-state index in [9.17, 15) is 19.7 Å². The number of nitrogens with zero attached hydrogens (tertiary/aromatic N) is 1. The fourth-order valence-corrected chi connectivity index (χ4v) is 2.12. The van der Waals surface area contributed by atoms with Gasteiger partial charge in [0.05, 0.1) is 11.0 Å². The number of nitro benzene ring substituents is 1. The summed E-state index contributed by atoms with van der Waals surface area (Å²) in [6.07, 6.45) is 0.699. The Hall–Kier alpha value is -1.99. The molecular weight excluding hydrogens is 286 g/mol. The molecule has 1 unspecified atom stereocenters. The molecule has 0 saturated carbocycles. The van der Waals surface area contributed by atoms with Gasteiger partial charge >= 0.3 is 0 Å². The Morgan fingerprint density at radius 1 is 1.45 bits per heavy atom. The highest BCUT2D eigenvalue weighted by Gasteiger charge is 2.26. The normalized spacial score (nSPS) is 18.8. The minimum absolute atomic E-state index is 0.0692. The molecule has 1 saturated heterocycles. The monoisotopic (exact) mass is 297 g/mol. The predicted octanol–water partition coefficient (Wildman–Crippen LogP) is 1.14. The number of carbonyl (C=O) groups excluding carboxylic acids is 2. The van der Waals surface area contributed by atoms with Gasteiger partial charge in [-0.2, -0.15) is 0 Å². The van der Waals surface area contributed by atoms with Crippen molar-refractivity contribution in [2.45, 2.75) is 25.4 Å². The second kappa shape index (κ2) is 5.98. The van der Waals surface area contributed by atoms with Crippen molar-refractivity contribution in [3.05, 3.63) is 38.9 Å². The second-order valence-electron chi connectivity index (χ2n) is 4.43. The van der Waals surface area contributed by atoms with Crippen LogP contribution in [0.5, 0.6) is 0 Å². The van der Waals surface area contributed by atoms with E-state index in [4.69, 9.17) is 11.6 Å². The molecule has 1 aliphatic heterocycles. The third kappa shape index (κ3) is 3.31. The van der Waals surface area contributed by atoms with Gasteiger partial charge in [-0.25, -0.2) is 0 Å². The van der Waals surface area contributed by atoms with Crippen molar-refractivity contribution in [1.29, 1.82) is 0 Å². The number of piperidine rings is 1. The number of benzene rings is 1. The first-order valence-electron chi connectivity index (χ1n) is 5.97. The number of hydrogen-bond donors (Lipinski definition) is 2. The highest BCUT2D eigenvalue weighted by molar-refractivity contribution is 6.32. The van der Waals surface area contributed by atoms with Crippen molar-refractivity contribution in [3.8, 4) is 0 Å². The summed E-state index contributed by atoms with van der Waals surface area (Å²) in [5, 5.41) is 16.0. The third-order valence-corrected chi connectivity index (χ3v) is 3.32. The van der Waals surface area contributed by atoms with E-state index >= 15 is 0 Å². The molecular formula is C12H12ClN3O4. The van der Waals surface area contributed by atoms with Crippen molar-refractivity contribution in [2.24, 2.45) is 0 Å². The Balaban J connectivity index is 2.01. The Morgan fingerprint density at radius 3 is 2.85 bits per heavy atom. The summed E-state index contributed by atoms with van der Waals surface area (Å²) < 4.78 is 0. The molecule has 0 aromatic heterocycles. The Bertz CT molecular complexity index is 576. The minimum Gasteiger partial charge on any atom is -0.302 e. The van der Waals surface area contributed by atoms with Gasteiger partial charge in [-0.15, -0.1) is 0 Å². The molecule has 1 aromatic carbocycles. The molecule has 7 nitrogen and oxygen atoms in total. The lowest BCUT2D eigenvalue weighted by molar-refractivity contribution is -0.384. The average Bonchev–Trinajstić information content (AvgIpc) is 2.39. The third-order valence-electron chi connectivity index (χ3n) is 3.00. The van der Waals surface area contributed by atoms with E-state index in [1.807, 2.05) is 0 Å². The van der Waals surface area contributed by atoms with Crippen LogP contribution in [0.4, 0.5) is 5.69 Å². The van der Waals surface area contributed by atoms with E-state index in [0.717, 1.165) is 0 Å². The molecule has 0 aliphatic carbocycles. The van der Waals surface area contributed by atoms with Gasteiger partial charge in [0.2, 0.25) is 11.8 Å². The maximum Gasteiger partial charge on any atom is 0.288 e. The molecule has 2 rings (SSSR count). The smallest absolute Gasteiger partial charge is 0.288 e. The number of amides is 2. The highest BCUT2D eigenvalue weighted by Crippen LogP contribution is 2.25. The number of nitro groups is 1. The molecule has 106 valence electrons. The molecule has 1 heterocycles. The largest absolute Gasteiger partial charge is 0.302 e. The van der Waals surface area contributed by atoms with Crippen molar-refractivity contribution >= 4 is 29.1 Å². The van der Waals surface area contributed by atoms with Crippen LogP contribution in [0.15, 0.2) is 18.2 Å². The van der Waals surface area contributed by atoms with Gasteiger partial charge in [-0.05, 0) is 18.1 Å². The van der Waals surface area contributed by atoms with Crippen molar-refractivity contribution in [1.82, 2.24) is 10.6 Å². The van der Waals surface area contributed by atoms with Crippen LogP contribution < -0.4 is 10.6 Å². The summed E-state index contributed by atoms with van der Waals surface area (Å²) in [6.45, 7) is 0.282. The number of nitrogens with one attached hydrogen (secondary N) is 2. The zero-order chi connectivity index (χ0) is 14.7. The maximum atomic E-state index is 11.5. The van der Waals surface area contributed by atoms with Crippen molar-refractivity contribution in [2.75, 3.05) is 0 Å². The quantitative estimate of drug-likeness (QED) is 0.493. The van der Waals surface area contributed by atoms with Gasteiger partial charge < -0.3 is 5.32 Å². The Morgan fingerprint density at radius 2 is 2.20 bits per heavy atom. The van der Waals surface area contributed by atoms with Gasteiger partial charge in [0, 0.05) is 19.0 Å². The van der Waals surface area contributed by atoms with Crippen LogP contribution in [0.2, 0.25) is 5.02 Å². The zero-order valence-electron chi connectivity index (χ0n) is 10.4. The SMILES string of the molecule is O=C1CCC(NCc2ccc(Cl)c([N+](=O)[O-])c2)C(=O)N1. The summed E-state index contributed by atoms with van der Waals surface area (Å²) in [5.74, 6) is -0.653. The van der Waals surface area contributed by atoms with Crippen LogP contribution in [0, 0.1) is 10.1 Å². The van der Waals surface area contributed by atoms with Gasteiger partial charge in [-0.1, -0.05) is 17.7 Å². The molecule has 1 aromatic rings. The number of imide groups is 1. The summed E-state index contributed by atoms with van der Waals surface area (Å²) >= 11 is 5.72. The fraction of sp³-hybridized carbons (Fsp3) is 0.333. The first-order valence-corrected chi connectivity index (χ1v) is 6.35. The van der Waals surface area contributed by atoms with E-state index in [-0.39, 0.29) is 35.5 Å². The summed E-state index contributed by atoms with van der Waals surface area (Å²) in [4.78, 5) is 32.7. The number of hydrogen-bond acceptors (Lipinski definition) is 5. The van der Waals surface area contributed by atoms with Crippen molar-refractivity contribution < 1.29 is 14.5 Å².